The number of anilines is 1. The van der Waals surface area contributed by atoms with Crippen molar-refractivity contribution in [1.29, 1.82) is 0 Å². The van der Waals surface area contributed by atoms with Crippen molar-refractivity contribution in [1.82, 2.24) is 9.88 Å². The second-order valence-electron chi connectivity index (χ2n) is 7.08. The first-order chi connectivity index (χ1) is 13.5. The minimum Gasteiger partial charge on any atom is -0.377 e. The highest BCUT2D eigenvalue weighted by Crippen LogP contribution is 2.30. The van der Waals surface area contributed by atoms with Crippen LogP contribution in [0.1, 0.15) is 35.4 Å². The molecule has 0 bridgehead atoms. The van der Waals surface area contributed by atoms with Crippen LogP contribution >= 0.6 is 0 Å². The minimum atomic E-state index is -0.0390. The van der Waals surface area contributed by atoms with Crippen molar-refractivity contribution in [2.75, 3.05) is 26.0 Å². The first-order valence-corrected chi connectivity index (χ1v) is 9.57. The van der Waals surface area contributed by atoms with Crippen LogP contribution in [0.15, 0.2) is 72.9 Å². The van der Waals surface area contributed by atoms with Crippen LogP contribution in [0.5, 0.6) is 0 Å². The molecule has 0 spiro atoms. The lowest BCUT2D eigenvalue weighted by atomic mass is 10.0. The van der Waals surface area contributed by atoms with Crippen molar-refractivity contribution in [2.45, 2.75) is 19.4 Å². The summed E-state index contributed by atoms with van der Waals surface area (Å²) in [4.78, 5) is 21.3. The first kappa shape index (κ1) is 19.6. The smallest absolute Gasteiger partial charge is 0.254 e. The average molecular weight is 374 g/mol. The van der Waals surface area contributed by atoms with Crippen LogP contribution in [-0.4, -0.2) is 36.9 Å². The number of amides is 1. The van der Waals surface area contributed by atoms with E-state index in [1.165, 1.54) is 0 Å². The Morgan fingerprint density at radius 1 is 0.929 bits per heavy atom. The van der Waals surface area contributed by atoms with E-state index in [0.29, 0.717) is 5.56 Å². The van der Waals surface area contributed by atoms with Gasteiger partial charge in [0.05, 0.1) is 11.7 Å². The highest BCUT2D eigenvalue weighted by Gasteiger charge is 2.22. The van der Waals surface area contributed by atoms with Crippen molar-refractivity contribution in [3.8, 4) is 11.1 Å². The number of rotatable bonds is 6. The molecule has 1 aromatic heterocycles. The van der Waals surface area contributed by atoms with E-state index in [9.17, 15) is 4.79 Å². The van der Waals surface area contributed by atoms with Crippen LogP contribution in [-0.2, 0) is 0 Å². The summed E-state index contributed by atoms with van der Waals surface area (Å²) in [5, 5.41) is 0. The van der Waals surface area contributed by atoms with Crippen LogP contribution < -0.4 is 4.90 Å². The average Bonchev–Trinajstić information content (AvgIpc) is 2.74. The largest absolute Gasteiger partial charge is 0.377 e. The maximum atomic E-state index is 13.0. The van der Waals surface area contributed by atoms with Gasteiger partial charge in [-0.05, 0) is 42.3 Å². The monoisotopic (exact) mass is 373 g/mol. The molecular formula is C24H27N3O. The van der Waals surface area contributed by atoms with Crippen LogP contribution in [0.3, 0.4) is 0 Å². The van der Waals surface area contributed by atoms with Crippen LogP contribution in [0, 0.1) is 0 Å². The number of nitrogens with zero attached hydrogens (tertiary/aromatic N) is 3. The number of para-hydroxylation sites is 1. The van der Waals surface area contributed by atoms with Crippen molar-refractivity contribution in [3.05, 3.63) is 84.2 Å². The van der Waals surface area contributed by atoms with Crippen LogP contribution in [0.2, 0.25) is 0 Å². The van der Waals surface area contributed by atoms with Gasteiger partial charge in [0, 0.05) is 44.2 Å². The molecule has 1 unspecified atom stereocenters. The zero-order chi connectivity index (χ0) is 20.1. The molecule has 0 radical (unpaired) electrons. The number of carbonyl (C=O) groups excluding carboxylic acids is 1. The van der Waals surface area contributed by atoms with E-state index in [1.807, 2.05) is 75.7 Å². The van der Waals surface area contributed by atoms with Crippen molar-refractivity contribution >= 4 is 11.6 Å². The molecule has 0 N–H and O–H groups in total. The minimum absolute atomic E-state index is 0.00458. The van der Waals surface area contributed by atoms with E-state index in [2.05, 4.69) is 28.9 Å². The van der Waals surface area contributed by atoms with E-state index < -0.39 is 0 Å². The highest BCUT2D eigenvalue weighted by molar-refractivity contribution is 5.95. The fourth-order valence-electron chi connectivity index (χ4n) is 3.50. The van der Waals surface area contributed by atoms with Gasteiger partial charge in [0.2, 0.25) is 0 Å². The Labute approximate surface area is 167 Å². The number of hydrogen-bond acceptors (Lipinski definition) is 3. The summed E-state index contributed by atoms with van der Waals surface area (Å²) < 4.78 is 0. The summed E-state index contributed by atoms with van der Waals surface area (Å²) in [5.74, 6) is 0.00458. The summed E-state index contributed by atoms with van der Waals surface area (Å²) in [6.45, 7) is 2.07. The Bertz CT molecular complexity index is 920. The van der Waals surface area contributed by atoms with Gasteiger partial charge in [-0.1, -0.05) is 43.3 Å². The lowest BCUT2D eigenvalue weighted by Crippen LogP contribution is -2.31. The third kappa shape index (κ3) is 4.06. The number of aromatic nitrogens is 1. The molecule has 4 heteroatoms. The normalized spacial score (nSPS) is 11.7. The molecule has 0 aliphatic heterocycles. The van der Waals surface area contributed by atoms with Crippen molar-refractivity contribution in [2.24, 2.45) is 0 Å². The van der Waals surface area contributed by atoms with Gasteiger partial charge in [-0.3, -0.25) is 9.78 Å². The second-order valence-corrected chi connectivity index (χ2v) is 7.08. The number of carbonyl (C=O) groups is 1. The molecule has 0 saturated carbocycles. The van der Waals surface area contributed by atoms with E-state index in [0.717, 1.165) is 28.9 Å². The summed E-state index contributed by atoms with van der Waals surface area (Å²) in [5.41, 5.74) is 5.00. The zero-order valence-electron chi connectivity index (χ0n) is 17.0. The quantitative estimate of drug-likeness (QED) is 0.607. The van der Waals surface area contributed by atoms with Gasteiger partial charge in [-0.15, -0.1) is 0 Å². The van der Waals surface area contributed by atoms with Gasteiger partial charge >= 0.3 is 0 Å². The molecule has 0 fully saturated rings. The molecule has 0 saturated heterocycles. The zero-order valence-corrected chi connectivity index (χ0v) is 17.0. The Hall–Kier alpha value is -3.14. The predicted molar refractivity (Wildman–Crippen MR) is 116 cm³/mol. The second kappa shape index (κ2) is 8.70. The lowest BCUT2D eigenvalue weighted by Gasteiger charge is -2.27. The molecule has 3 aromatic rings. The predicted octanol–water partition coefficient (Wildman–Crippen LogP) is 5.04. The summed E-state index contributed by atoms with van der Waals surface area (Å²) in [7, 11) is 5.92. The van der Waals surface area contributed by atoms with Crippen LogP contribution in [0.4, 0.5) is 5.69 Å². The molecule has 1 atom stereocenters. The number of hydrogen-bond donors (Lipinski definition) is 0. The van der Waals surface area contributed by atoms with Gasteiger partial charge in [0.1, 0.15) is 0 Å². The Morgan fingerprint density at radius 3 is 2.21 bits per heavy atom. The Kier molecular flexibility index (Phi) is 6.09. The molecule has 4 nitrogen and oxygen atoms in total. The fraction of sp³-hybridized carbons (Fsp3) is 0.250. The van der Waals surface area contributed by atoms with Crippen LogP contribution in [0.25, 0.3) is 11.1 Å². The molecule has 1 amide bonds. The number of benzene rings is 2. The lowest BCUT2D eigenvalue weighted by molar-refractivity contribution is 0.0723. The maximum absolute atomic E-state index is 13.0. The Morgan fingerprint density at radius 2 is 1.61 bits per heavy atom. The Balaban J connectivity index is 1.84. The highest BCUT2D eigenvalue weighted by atomic mass is 16.2. The van der Waals surface area contributed by atoms with E-state index in [4.69, 9.17) is 0 Å². The summed E-state index contributed by atoms with van der Waals surface area (Å²) in [6, 6.07) is 21.9. The fourth-order valence-corrected chi connectivity index (χ4v) is 3.50. The van der Waals surface area contributed by atoms with Gasteiger partial charge in [-0.25, -0.2) is 0 Å². The summed E-state index contributed by atoms with van der Waals surface area (Å²) in [6.07, 6.45) is 2.58. The van der Waals surface area contributed by atoms with Crippen molar-refractivity contribution in [3.63, 3.8) is 0 Å². The van der Waals surface area contributed by atoms with Gasteiger partial charge in [0.25, 0.3) is 5.91 Å². The SMILES string of the molecule is CCC(c1ccccn1)N(C)C(=O)c1ccc(-c2ccccc2N(C)C)cc1. The standard InChI is InChI=1S/C24H27N3O/c1-5-22(21-11-8-9-17-25-21)27(4)24(28)19-15-13-18(14-16-19)20-10-6-7-12-23(20)26(2)3/h6-17,22H,5H2,1-4H3. The van der Waals surface area contributed by atoms with Crippen molar-refractivity contribution < 1.29 is 4.79 Å². The molecule has 3 rings (SSSR count). The molecule has 144 valence electrons. The molecule has 2 aromatic carbocycles. The maximum Gasteiger partial charge on any atom is 0.254 e. The molecule has 0 aliphatic rings. The van der Waals surface area contributed by atoms with Gasteiger partial charge < -0.3 is 9.80 Å². The molecular weight excluding hydrogens is 346 g/mol. The summed E-state index contributed by atoms with van der Waals surface area (Å²) >= 11 is 0. The third-order valence-corrected chi connectivity index (χ3v) is 5.03. The number of pyridine rings is 1. The topological polar surface area (TPSA) is 36.4 Å². The van der Waals surface area contributed by atoms with Gasteiger partial charge in [0.15, 0.2) is 0 Å². The van der Waals surface area contributed by atoms with Gasteiger partial charge in [-0.2, -0.15) is 0 Å². The molecule has 28 heavy (non-hydrogen) atoms. The van der Waals surface area contributed by atoms with E-state index >= 15 is 0 Å². The molecule has 1 heterocycles. The first-order valence-electron chi connectivity index (χ1n) is 9.57. The molecule has 0 aliphatic carbocycles. The van der Waals surface area contributed by atoms with E-state index in [1.54, 1.807) is 11.1 Å². The third-order valence-electron chi connectivity index (χ3n) is 5.03. The van der Waals surface area contributed by atoms with E-state index in [-0.39, 0.29) is 11.9 Å².